The predicted octanol–water partition coefficient (Wildman–Crippen LogP) is 1.82. The van der Waals surface area contributed by atoms with Gasteiger partial charge in [-0.15, -0.1) is 0 Å². The Morgan fingerprint density at radius 2 is 2.28 bits per heavy atom. The van der Waals surface area contributed by atoms with Crippen LogP contribution in [0.1, 0.15) is 18.1 Å². The molecule has 1 aromatic rings. The number of carbonyl (C=O) groups is 1. The van der Waals surface area contributed by atoms with Crippen LogP contribution in [0.5, 0.6) is 11.5 Å². The number of fused-ring (bicyclic) bond motifs is 1. The van der Waals surface area contributed by atoms with E-state index in [-0.39, 0.29) is 6.79 Å². The van der Waals surface area contributed by atoms with E-state index in [1.54, 1.807) is 14.0 Å². The maximum Gasteiger partial charge on any atom is 0.306 e. The van der Waals surface area contributed by atoms with Crippen LogP contribution in [0.3, 0.4) is 0 Å². The molecule has 0 amide bonds. The summed E-state index contributed by atoms with van der Waals surface area (Å²) in [5.74, 6) is 0.0197. The second-order valence-corrected chi connectivity index (χ2v) is 4.31. The molecule has 0 fully saturated rings. The van der Waals surface area contributed by atoms with Crippen LogP contribution < -0.4 is 9.47 Å². The Balaban J connectivity index is 2.35. The third kappa shape index (κ3) is 2.41. The lowest BCUT2D eigenvalue weighted by atomic mass is 9.96. The van der Waals surface area contributed by atoms with Crippen LogP contribution in [0.2, 0.25) is 0 Å². The van der Waals surface area contributed by atoms with Crippen LogP contribution >= 0.6 is 0 Å². The summed E-state index contributed by atoms with van der Waals surface area (Å²) in [6.07, 6.45) is 0.403. The molecule has 1 heterocycles. The van der Waals surface area contributed by atoms with Crippen molar-refractivity contribution in [1.29, 1.82) is 0 Å². The molecule has 1 aliphatic heterocycles. The fraction of sp³-hybridized carbons (Fsp3) is 0.462. The Kier molecular flexibility index (Phi) is 3.72. The molecule has 1 unspecified atom stereocenters. The van der Waals surface area contributed by atoms with Crippen LogP contribution in [0, 0.1) is 5.92 Å². The zero-order valence-electron chi connectivity index (χ0n) is 10.4. The Hall–Kier alpha value is -1.75. The van der Waals surface area contributed by atoms with Gasteiger partial charge in [0, 0.05) is 12.7 Å². The normalized spacial score (nSPS) is 14.6. The standard InChI is InChI=1S/C13H16O5/c1-8(13(14)15)5-10-9(6-16-2)3-4-11-12(10)18-7-17-11/h3-4,8H,5-7H2,1-2H3,(H,14,15). The molecule has 5 heteroatoms. The van der Waals surface area contributed by atoms with Gasteiger partial charge in [-0.25, -0.2) is 0 Å². The van der Waals surface area contributed by atoms with Crippen molar-refractivity contribution in [2.45, 2.75) is 20.0 Å². The molecule has 18 heavy (non-hydrogen) atoms. The van der Waals surface area contributed by atoms with Crippen LogP contribution in [0.25, 0.3) is 0 Å². The first-order valence-electron chi connectivity index (χ1n) is 5.75. The third-order valence-electron chi connectivity index (χ3n) is 2.97. The van der Waals surface area contributed by atoms with E-state index >= 15 is 0 Å². The summed E-state index contributed by atoms with van der Waals surface area (Å²) in [6, 6.07) is 3.71. The third-order valence-corrected chi connectivity index (χ3v) is 2.97. The highest BCUT2D eigenvalue weighted by molar-refractivity contribution is 5.70. The van der Waals surface area contributed by atoms with Gasteiger partial charge in [-0.3, -0.25) is 4.79 Å². The van der Waals surface area contributed by atoms with Gasteiger partial charge in [0.15, 0.2) is 11.5 Å². The van der Waals surface area contributed by atoms with Gasteiger partial charge in [-0.05, 0) is 18.1 Å². The number of rotatable bonds is 5. The van der Waals surface area contributed by atoms with E-state index in [1.165, 1.54) is 0 Å². The number of hydrogen-bond donors (Lipinski definition) is 1. The van der Waals surface area contributed by atoms with E-state index in [1.807, 2.05) is 12.1 Å². The number of carboxylic acids is 1. The van der Waals surface area contributed by atoms with E-state index in [0.717, 1.165) is 11.1 Å². The number of ether oxygens (including phenoxy) is 3. The SMILES string of the molecule is COCc1ccc2c(c1CC(C)C(=O)O)OCO2. The Morgan fingerprint density at radius 1 is 1.50 bits per heavy atom. The van der Waals surface area contributed by atoms with E-state index < -0.39 is 11.9 Å². The molecule has 1 atom stereocenters. The van der Waals surface area contributed by atoms with Crippen LogP contribution in [-0.4, -0.2) is 25.0 Å². The highest BCUT2D eigenvalue weighted by atomic mass is 16.7. The largest absolute Gasteiger partial charge is 0.481 e. The van der Waals surface area contributed by atoms with Gasteiger partial charge in [-0.2, -0.15) is 0 Å². The fourth-order valence-corrected chi connectivity index (χ4v) is 1.98. The lowest BCUT2D eigenvalue weighted by Crippen LogP contribution is -2.14. The fourth-order valence-electron chi connectivity index (χ4n) is 1.98. The highest BCUT2D eigenvalue weighted by Gasteiger charge is 2.24. The number of methoxy groups -OCH3 is 1. The molecule has 0 spiro atoms. The minimum absolute atomic E-state index is 0.181. The molecule has 0 aromatic heterocycles. The number of aliphatic carboxylic acids is 1. The highest BCUT2D eigenvalue weighted by Crippen LogP contribution is 2.39. The molecule has 5 nitrogen and oxygen atoms in total. The van der Waals surface area contributed by atoms with Gasteiger partial charge in [0.1, 0.15) is 0 Å². The topological polar surface area (TPSA) is 65.0 Å². The van der Waals surface area contributed by atoms with Gasteiger partial charge < -0.3 is 19.3 Å². The maximum absolute atomic E-state index is 11.0. The molecule has 0 saturated heterocycles. The Bertz CT molecular complexity index is 455. The van der Waals surface area contributed by atoms with Gasteiger partial charge >= 0.3 is 5.97 Å². The molecule has 1 aromatic carbocycles. The minimum Gasteiger partial charge on any atom is -0.481 e. The van der Waals surface area contributed by atoms with Gasteiger partial charge in [-0.1, -0.05) is 13.0 Å². The Morgan fingerprint density at radius 3 is 2.94 bits per heavy atom. The summed E-state index contributed by atoms with van der Waals surface area (Å²) in [6.45, 7) is 2.28. The average Bonchev–Trinajstić information content (AvgIpc) is 2.80. The summed E-state index contributed by atoms with van der Waals surface area (Å²) in [5, 5.41) is 9.01. The maximum atomic E-state index is 11.0. The predicted molar refractivity (Wildman–Crippen MR) is 63.8 cm³/mol. The second-order valence-electron chi connectivity index (χ2n) is 4.31. The molecule has 1 N–H and O–H groups in total. The monoisotopic (exact) mass is 252 g/mol. The van der Waals surface area contributed by atoms with Crippen molar-refractivity contribution in [2.75, 3.05) is 13.9 Å². The van der Waals surface area contributed by atoms with Crippen molar-refractivity contribution >= 4 is 5.97 Å². The van der Waals surface area contributed by atoms with Gasteiger partial charge in [0.25, 0.3) is 0 Å². The first kappa shape index (κ1) is 12.7. The number of hydrogen-bond acceptors (Lipinski definition) is 4. The lowest BCUT2D eigenvalue weighted by molar-refractivity contribution is -0.141. The second kappa shape index (κ2) is 5.27. The minimum atomic E-state index is -0.824. The van der Waals surface area contributed by atoms with Gasteiger partial charge in [0.2, 0.25) is 6.79 Å². The zero-order valence-corrected chi connectivity index (χ0v) is 10.4. The first-order valence-corrected chi connectivity index (χ1v) is 5.75. The summed E-state index contributed by atoms with van der Waals surface area (Å²) in [5.41, 5.74) is 1.80. The summed E-state index contributed by atoms with van der Waals surface area (Å²) in [7, 11) is 1.61. The summed E-state index contributed by atoms with van der Waals surface area (Å²) < 4.78 is 15.9. The molecule has 0 radical (unpaired) electrons. The summed E-state index contributed by atoms with van der Waals surface area (Å²) >= 11 is 0. The van der Waals surface area contributed by atoms with Crippen molar-refractivity contribution in [2.24, 2.45) is 5.92 Å². The lowest BCUT2D eigenvalue weighted by Gasteiger charge is -2.14. The molecule has 2 rings (SSSR count). The molecule has 0 saturated carbocycles. The van der Waals surface area contributed by atoms with Crippen LogP contribution in [0.4, 0.5) is 0 Å². The van der Waals surface area contributed by atoms with E-state index in [9.17, 15) is 4.79 Å². The quantitative estimate of drug-likeness (QED) is 0.866. The zero-order chi connectivity index (χ0) is 13.1. The van der Waals surface area contributed by atoms with Gasteiger partial charge in [0.05, 0.1) is 12.5 Å². The molecule has 1 aliphatic rings. The molecule has 0 aliphatic carbocycles. The van der Waals surface area contributed by atoms with Crippen molar-refractivity contribution in [3.63, 3.8) is 0 Å². The molecular formula is C13H16O5. The molecule has 98 valence electrons. The van der Waals surface area contributed by atoms with Crippen molar-refractivity contribution in [3.8, 4) is 11.5 Å². The van der Waals surface area contributed by atoms with Crippen LogP contribution in [0.15, 0.2) is 12.1 Å². The summed E-state index contributed by atoms with van der Waals surface area (Å²) in [4.78, 5) is 11.0. The number of carboxylic acid groups (broad SMARTS) is 1. The van der Waals surface area contributed by atoms with E-state index in [4.69, 9.17) is 19.3 Å². The van der Waals surface area contributed by atoms with E-state index in [0.29, 0.717) is 24.5 Å². The first-order chi connectivity index (χ1) is 8.63. The Labute approximate surface area is 105 Å². The van der Waals surface area contributed by atoms with Crippen molar-refractivity contribution < 1.29 is 24.1 Å². The van der Waals surface area contributed by atoms with Crippen molar-refractivity contribution in [3.05, 3.63) is 23.3 Å². The van der Waals surface area contributed by atoms with E-state index in [2.05, 4.69) is 0 Å². The average molecular weight is 252 g/mol. The molecular weight excluding hydrogens is 236 g/mol. The van der Waals surface area contributed by atoms with Crippen LogP contribution in [-0.2, 0) is 22.6 Å². The van der Waals surface area contributed by atoms with Crippen molar-refractivity contribution in [1.82, 2.24) is 0 Å². The smallest absolute Gasteiger partial charge is 0.306 e. The number of benzene rings is 1. The molecule has 0 bridgehead atoms.